The monoisotopic (exact) mass is 292 g/mol. The number of benzene rings is 1. The smallest absolute Gasteiger partial charge is 0.161 e. The SMILES string of the molecule is CC(=O)c1ccc(N2CCN3CCCCC3C2)cc1Cl. The van der Waals surface area contributed by atoms with E-state index in [1.807, 2.05) is 18.2 Å². The molecule has 20 heavy (non-hydrogen) atoms. The molecule has 2 aliphatic heterocycles. The second-order valence-corrected chi connectivity index (χ2v) is 6.26. The van der Waals surface area contributed by atoms with Crippen LogP contribution in [0.1, 0.15) is 36.5 Å². The number of piperazine rings is 1. The largest absolute Gasteiger partial charge is 0.369 e. The number of halogens is 1. The quantitative estimate of drug-likeness (QED) is 0.782. The second kappa shape index (κ2) is 5.74. The molecule has 3 rings (SSSR count). The summed E-state index contributed by atoms with van der Waals surface area (Å²) in [6.07, 6.45) is 3.99. The van der Waals surface area contributed by atoms with Gasteiger partial charge in [-0.15, -0.1) is 0 Å². The molecule has 1 aromatic rings. The van der Waals surface area contributed by atoms with E-state index in [9.17, 15) is 4.79 Å². The van der Waals surface area contributed by atoms with E-state index in [0.29, 0.717) is 16.6 Å². The van der Waals surface area contributed by atoms with Crippen LogP contribution in [0, 0.1) is 0 Å². The molecule has 2 fully saturated rings. The first-order valence-electron chi connectivity index (χ1n) is 7.44. The van der Waals surface area contributed by atoms with Crippen molar-refractivity contribution in [1.82, 2.24) is 4.90 Å². The minimum Gasteiger partial charge on any atom is -0.369 e. The standard InChI is InChI=1S/C16H21ClN2O/c1-12(20)15-6-5-13(10-16(15)17)19-9-8-18-7-3-2-4-14(18)11-19/h5-6,10,14H,2-4,7-9,11H2,1H3. The van der Waals surface area contributed by atoms with Crippen molar-refractivity contribution < 1.29 is 4.79 Å². The van der Waals surface area contributed by atoms with Gasteiger partial charge in [-0.25, -0.2) is 0 Å². The summed E-state index contributed by atoms with van der Waals surface area (Å²) in [5.41, 5.74) is 1.76. The summed E-state index contributed by atoms with van der Waals surface area (Å²) in [5, 5.41) is 0.570. The van der Waals surface area contributed by atoms with Crippen LogP contribution in [-0.2, 0) is 0 Å². The lowest BCUT2D eigenvalue weighted by molar-refractivity contribution is 0.101. The van der Waals surface area contributed by atoms with Crippen LogP contribution in [0.25, 0.3) is 0 Å². The Bertz CT molecular complexity index is 517. The van der Waals surface area contributed by atoms with Crippen LogP contribution in [0.2, 0.25) is 5.02 Å². The van der Waals surface area contributed by atoms with Gasteiger partial charge in [0.1, 0.15) is 0 Å². The van der Waals surface area contributed by atoms with Crippen LogP contribution in [0.5, 0.6) is 0 Å². The maximum absolute atomic E-state index is 11.4. The van der Waals surface area contributed by atoms with Gasteiger partial charge in [-0.1, -0.05) is 18.0 Å². The Morgan fingerprint density at radius 2 is 2.10 bits per heavy atom. The summed E-state index contributed by atoms with van der Waals surface area (Å²) in [5.74, 6) is 0.0265. The highest BCUT2D eigenvalue weighted by Crippen LogP contribution is 2.28. The summed E-state index contributed by atoms with van der Waals surface area (Å²) in [6.45, 7) is 6.07. The van der Waals surface area contributed by atoms with Gasteiger partial charge in [0.15, 0.2) is 5.78 Å². The van der Waals surface area contributed by atoms with Crippen molar-refractivity contribution in [3.63, 3.8) is 0 Å². The Morgan fingerprint density at radius 3 is 2.85 bits per heavy atom. The summed E-state index contributed by atoms with van der Waals surface area (Å²) < 4.78 is 0. The first-order chi connectivity index (χ1) is 9.65. The van der Waals surface area contributed by atoms with Gasteiger partial charge in [-0.05, 0) is 44.5 Å². The Kier molecular flexibility index (Phi) is 3.99. The van der Waals surface area contributed by atoms with Gasteiger partial charge in [0.2, 0.25) is 0 Å². The van der Waals surface area contributed by atoms with Gasteiger partial charge in [0.25, 0.3) is 0 Å². The fraction of sp³-hybridized carbons (Fsp3) is 0.562. The maximum Gasteiger partial charge on any atom is 0.161 e. The number of hydrogen-bond acceptors (Lipinski definition) is 3. The van der Waals surface area contributed by atoms with Crippen LogP contribution in [-0.4, -0.2) is 42.9 Å². The number of carbonyl (C=O) groups is 1. The molecule has 3 nitrogen and oxygen atoms in total. The topological polar surface area (TPSA) is 23.6 Å². The van der Waals surface area contributed by atoms with Crippen LogP contribution in [0.4, 0.5) is 5.69 Å². The normalized spacial score (nSPS) is 23.5. The highest BCUT2D eigenvalue weighted by Gasteiger charge is 2.29. The molecule has 0 radical (unpaired) electrons. The Hall–Kier alpha value is -1.06. The van der Waals surface area contributed by atoms with Gasteiger partial charge in [-0.3, -0.25) is 9.69 Å². The Morgan fingerprint density at radius 1 is 1.25 bits per heavy atom. The lowest BCUT2D eigenvalue weighted by Crippen LogP contribution is -2.54. The molecule has 0 amide bonds. The number of piperidine rings is 1. The van der Waals surface area contributed by atoms with E-state index in [1.165, 1.54) is 25.8 Å². The number of anilines is 1. The first kappa shape index (κ1) is 13.9. The van der Waals surface area contributed by atoms with Gasteiger partial charge >= 0.3 is 0 Å². The Balaban J connectivity index is 1.76. The highest BCUT2D eigenvalue weighted by molar-refractivity contribution is 6.34. The van der Waals surface area contributed by atoms with Crippen LogP contribution in [0.15, 0.2) is 18.2 Å². The summed E-state index contributed by atoms with van der Waals surface area (Å²) >= 11 is 6.22. The second-order valence-electron chi connectivity index (χ2n) is 5.85. The molecule has 0 saturated carbocycles. The molecule has 1 aromatic carbocycles. The predicted molar refractivity (Wildman–Crippen MR) is 82.9 cm³/mol. The molecule has 0 aliphatic carbocycles. The van der Waals surface area contributed by atoms with E-state index in [1.54, 1.807) is 6.92 Å². The van der Waals surface area contributed by atoms with Crippen LogP contribution < -0.4 is 4.90 Å². The van der Waals surface area contributed by atoms with E-state index in [0.717, 1.165) is 25.3 Å². The van der Waals surface area contributed by atoms with Gasteiger partial charge in [-0.2, -0.15) is 0 Å². The van der Waals surface area contributed by atoms with Crippen LogP contribution >= 0.6 is 11.6 Å². The Labute approximate surface area is 125 Å². The van der Waals surface area contributed by atoms with E-state index >= 15 is 0 Å². The summed E-state index contributed by atoms with van der Waals surface area (Å²) in [4.78, 5) is 16.5. The van der Waals surface area contributed by atoms with Crippen molar-refractivity contribution in [1.29, 1.82) is 0 Å². The molecule has 108 valence electrons. The molecule has 1 atom stereocenters. The molecule has 2 aliphatic rings. The van der Waals surface area contributed by atoms with Crippen molar-refractivity contribution in [3.05, 3.63) is 28.8 Å². The molecule has 2 heterocycles. The van der Waals surface area contributed by atoms with E-state index in [2.05, 4.69) is 9.80 Å². The number of hydrogen-bond donors (Lipinski definition) is 0. The van der Waals surface area contributed by atoms with Crippen LogP contribution in [0.3, 0.4) is 0 Å². The zero-order valence-corrected chi connectivity index (χ0v) is 12.7. The molecular formula is C16H21ClN2O. The number of nitrogens with zero attached hydrogens (tertiary/aromatic N) is 2. The molecule has 2 saturated heterocycles. The minimum atomic E-state index is 0.0265. The van der Waals surface area contributed by atoms with E-state index in [-0.39, 0.29) is 5.78 Å². The number of carbonyl (C=O) groups excluding carboxylic acids is 1. The number of ketones is 1. The zero-order valence-electron chi connectivity index (χ0n) is 11.9. The van der Waals surface area contributed by atoms with Crippen molar-refractivity contribution in [3.8, 4) is 0 Å². The average Bonchev–Trinajstić information content (AvgIpc) is 2.46. The third kappa shape index (κ3) is 2.70. The molecule has 0 spiro atoms. The third-order valence-corrected chi connectivity index (χ3v) is 4.85. The molecular weight excluding hydrogens is 272 g/mol. The molecule has 0 N–H and O–H groups in total. The van der Waals surface area contributed by atoms with E-state index < -0.39 is 0 Å². The van der Waals surface area contributed by atoms with Gasteiger partial charge in [0.05, 0.1) is 5.02 Å². The third-order valence-electron chi connectivity index (χ3n) is 4.53. The molecule has 1 unspecified atom stereocenters. The van der Waals surface area contributed by atoms with Gasteiger partial charge < -0.3 is 4.90 Å². The highest BCUT2D eigenvalue weighted by atomic mass is 35.5. The first-order valence-corrected chi connectivity index (χ1v) is 7.82. The molecule has 0 aromatic heterocycles. The van der Waals surface area contributed by atoms with Crippen molar-refractivity contribution in [2.75, 3.05) is 31.1 Å². The van der Waals surface area contributed by atoms with Crippen molar-refractivity contribution in [2.24, 2.45) is 0 Å². The number of rotatable bonds is 2. The predicted octanol–water partition coefficient (Wildman–Crippen LogP) is 3.22. The zero-order chi connectivity index (χ0) is 14.1. The minimum absolute atomic E-state index is 0.0265. The number of fused-ring (bicyclic) bond motifs is 1. The summed E-state index contributed by atoms with van der Waals surface area (Å²) in [7, 11) is 0. The average molecular weight is 293 g/mol. The molecule has 0 bridgehead atoms. The van der Waals surface area contributed by atoms with E-state index in [4.69, 9.17) is 11.6 Å². The maximum atomic E-state index is 11.4. The van der Waals surface area contributed by atoms with Crippen molar-refractivity contribution >= 4 is 23.1 Å². The fourth-order valence-electron chi connectivity index (χ4n) is 3.38. The molecule has 4 heteroatoms. The number of Topliss-reactive ketones (excluding diaryl/α,β-unsaturated/α-hetero) is 1. The van der Waals surface area contributed by atoms with Gasteiger partial charge in [0, 0.05) is 36.9 Å². The lowest BCUT2D eigenvalue weighted by atomic mass is 9.99. The summed E-state index contributed by atoms with van der Waals surface area (Å²) in [6, 6.07) is 6.51. The van der Waals surface area contributed by atoms with Crippen molar-refractivity contribution in [2.45, 2.75) is 32.2 Å². The fourth-order valence-corrected chi connectivity index (χ4v) is 3.68. The lowest BCUT2D eigenvalue weighted by Gasteiger charge is -2.45.